The minimum atomic E-state index is -0.517. The molecule has 5 heteroatoms. The number of pyridine rings is 1. The van der Waals surface area contributed by atoms with E-state index in [1.807, 2.05) is 4.90 Å². The molecule has 0 amide bonds. The molecule has 16 heavy (non-hydrogen) atoms. The van der Waals surface area contributed by atoms with Crippen LogP contribution in [0.25, 0.3) is 0 Å². The summed E-state index contributed by atoms with van der Waals surface area (Å²) in [6.07, 6.45) is 0.377. The Morgan fingerprint density at radius 3 is 2.94 bits per heavy atom. The minimum absolute atomic E-state index is 0.377. The third kappa shape index (κ3) is 3.83. The Morgan fingerprint density at radius 2 is 2.31 bits per heavy atom. The molecule has 0 atom stereocenters. The van der Waals surface area contributed by atoms with Crippen molar-refractivity contribution in [1.29, 1.82) is 5.26 Å². The topological polar surface area (TPSA) is 49.1 Å². The quantitative estimate of drug-likeness (QED) is 0.687. The van der Waals surface area contributed by atoms with Crippen LogP contribution in [-0.4, -0.2) is 31.8 Å². The zero-order valence-electron chi connectivity index (χ0n) is 9.19. The molecule has 0 saturated heterocycles. The van der Waals surface area contributed by atoms with Crippen LogP contribution in [0.3, 0.4) is 0 Å². The first-order valence-corrected chi connectivity index (χ1v) is 5.01. The zero-order chi connectivity index (χ0) is 11.8. The van der Waals surface area contributed by atoms with E-state index in [4.69, 9.17) is 10.00 Å². The van der Waals surface area contributed by atoms with Gasteiger partial charge in [0, 0.05) is 20.2 Å². The van der Waals surface area contributed by atoms with E-state index in [2.05, 4.69) is 11.1 Å². The van der Waals surface area contributed by atoms with E-state index >= 15 is 0 Å². The molecule has 86 valence electrons. The summed E-state index contributed by atoms with van der Waals surface area (Å²) in [6.45, 7) is 1.63. The summed E-state index contributed by atoms with van der Waals surface area (Å²) < 4.78 is 17.9. The van der Waals surface area contributed by atoms with Gasteiger partial charge in [0.2, 0.25) is 5.95 Å². The molecule has 0 N–H and O–H groups in total. The van der Waals surface area contributed by atoms with Gasteiger partial charge in [0.25, 0.3) is 0 Å². The summed E-state index contributed by atoms with van der Waals surface area (Å²) in [5.74, 6) is 0.0178. The lowest BCUT2D eigenvalue weighted by Gasteiger charge is -2.21. The van der Waals surface area contributed by atoms with E-state index < -0.39 is 5.95 Å². The van der Waals surface area contributed by atoms with Gasteiger partial charge in [-0.2, -0.15) is 9.65 Å². The molecule has 0 spiro atoms. The van der Waals surface area contributed by atoms with Gasteiger partial charge in [-0.05, 0) is 12.1 Å². The first-order valence-electron chi connectivity index (χ1n) is 5.01. The normalized spacial score (nSPS) is 9.81. The zero-order valence-corrected chi connectivity index (χ0v) is 9.19. The molecule has 0 fully saturated rings. The fraction of sp³-hybridized carbons (Fsp3) is 0.455. The van der Waals surface area contributed by atoms with Crippen LogP contribution < -0.4 is 4.90 Å². The van der Waals surface area contributed by atoms with Gasteiger partial charge >= 0.3 is 0 Å². The molecular weight excluding hydrogens is 209 g/mol. The molecule has 0 saturated carbocycles. The Labute approximate surface area is 94.3 Å². The number of rotatable bonds is 6. The third-order valence-corrected chi connectivity index (χ3v) is 2.08. The summed E-state index contributed by atoms with van der Waals surface area (Å²) in [4.78, 5) is 5.60. The van der Waals surface area contributed by atoms with Crippen molar-refractivity contribution in [2.24, 2.45) is 0 Å². The molecule has 0 aliphatic rings. The molecule has 0 aromatic carbocycles. The highest BCUT2D eigenvalue weighted by molar-refractivity contribution is 5.37. The Bertz CT molecular complexity index is 364. The maximum absolute atomic E-state index is 12.9. The molecule has 0 aliphatic heterocycles. The van der Waals surface area contributed by atoms with Crippen LogP contribution in [0.15, 0.2) is 18.2 Å². The van der Waals surface area contributed by atoms with Crippen molar-refractivity contribution in [3.05, 3.63) is 24.1 Å². The number of nitriles is 1. The predicted octanol–water partition coefficient (Wildman–Crippen LogP) is 1.59. The third-order valence-electron chi connectivity index (χ3n) is 2.08. The van der Waals surface area contributed by atoms with Crippen LogP contribution in [0.4, 0.5) is 10.2 Å². The highest BCUT2D eigenvalue weighted by Gasteiger charge is 2.07. The summed E-state index contributed by atoms with van der Waals surface area (Å²) >= 11 is 0. The molecule has 1 aromatic rings. The molecule has 1 rings (SSSR count). The standard InChI is InChI=1S/C11H14FN3O/c1-16-9-8-15(7-3-6-13)11-5-2-4-10(12)14-11/h2,4-5H,3,7-9H2,1H3. The predicted molar refractivity (Wildman–Crippen MR) is 58.5 cm³/mol. The van der Waals surface area contributed by atoms with Gasteiger partial charge in [-0.3, -0.25) is 0 Å². The van der Waals surface area contributed by atoms with E-state index in [0.29, 0.717) is 31.9 Å². The summed E-state index contributed by atoms with van der Waals surface area (Å²) in [5.41, 5.74) is 0. The molecule has 4 nitrogen and oxygen atoms in total. The fourth-order valence-electron chi connectivity index (χ4n) is 1.30. The van der Waals surface area contributed by atoms with E-state index in [1.54, 1.807) is 19.2 Å². The molecular formula is C11H14FN3O. The van der Waals surface area contributed by atoms with E-state index in [0.717, 1.165) is 0 Å². The van der Waals surface area contributed by atoms with Crippen LogP contribution >= 0.6 is 0 Å². The number of anilines is 1. The lowest BCUT2D eigenvalue weighted by atomic mass is 10.3. The van der Waals surface area contributed by atoms with Crippen LogP contribution in [0.5, 0.6) is 0 Å². The van der Waals surface area contributed by atoms with Crippen molar-refractivity contribution in [3.8, 4) is 6.07 Å². The summed E-state index contributed by atoms with van der Waals surface area (Å²) in [7, 11) is 1.60. The van der Waals surface area contributed by atoms with Crippen LogP contribution in [-0.2, 0) is 4.74 Å². The lowest BCUT2D eigenvalue weighted by Crippen LogP contribution is -2.29. The number of nitrogens with zero attached hydrogens (tertiary/aromatic N) is 3. The van der Waals surface area contributed by atoms with Gasteiger partial charge in [0.1, 0.15) is 5.82 Å². The number of hydrogen-bond donors (Lipinski definition) is 0. The average molecular weight is 223 g/mol. The second-order valence-corrected chi connectivity index (χ2v) is 3.21. The molecule has 0 bridgehead atoms. The lowest BCUT2D eigenvalue weighted by molar-refractivity contribution is 0.205. The van der Waals surface area contributed by atoms with Gasteiger partial charge in [0.05, 0.1) is 19.1 Å². The van der Waals surface area contributed by atoms with Gasteiger partial charge < -0.3 is 9.64 Å². The Kier molecular flexibility index (Phi) is 5.23. The van der Waals surface area contributed by atoms with Crippen molar-refractivity contribution in [1.82, 2.24) is 4.98 Å². The summed E-state index contributed by atoms with van der Waals surface area (Å²) in [6, 6.07) is 6.67. The maximum Gasteiger partial charge on any atom is 0.214 e. The van der Waals surface area contributed by atoms with Crippen LogP contribution in [0.2, 0.25) is 0 Å². The van der Waals surface area contributed by atoms with Crippen molar-refractivity contribution < 1.29 is 9.13 Å². The van der Waals surface area contributed by atoms with Crippen molar-refractivity contribution >= 4 is 5.82 Å². The van der Waals surface area contributed by atoms with Gasteiger partial charge in [-0.25, -0.2) is 4.98 Å². The summed E-state index contributed by atoms with van der Waals surface area (Å²) in [5, 5.41) is 8.54. The maximum atomic E-state index is 12.9. The van der Waals surface area contributed by atoms with Crippen molar-refractivity contribution in [3.63, 3.8) is 0 Å². The molecule has 0 unspecified atom stereocenters. The second kappa shape index (κ2) is 6.75. The molecule has 0 aliphatic carbocycles. The van der Waals surface area contributed by atoms with Gasteiger partial charge in [-0.1, -0.05) is 6.07 Å². The molecule has 0 radical (unpaired) electrons. The smallest absolute Gasteiger partial charge is 0.214 e. The second-order valence-electron chi connectivity index (χ2n) is 3.21. The number of hydrogen-bond acceptors (Lipinski definition) is 4. The number of aromatic nitrogens is 1. The van der Waals surface area contributed by atoms with Crippen LogP contribution in [0, 0.1) is 17.3 Å². The first kappa shape index (κ1) is 12.4. The van der Waals surface area contributed by atoms with Gasteiger partial charge in [0.15, 0.2) is 0 Å². The average Bonchev–Trinajstić information content (AvgIpc) is 2.29. The minimum Gasteiger partial charge on any atom is -0.383 e. The fourth-order valence-corrected chi connectivity index (χ4v) is 1.30. The van der Waals surface area contributed by atoms with Gasteiger partial charge in [-0.15, -0.1) is 0 Å². The molecule has 1 heterocycles. The Balaban J connectivity index is 2.70. The highest BCUT2D eigenvalue weighted by atomic mass is 19.1. The Morgan fingerprint density at radius 1 is 1.50 bits per heavy atom. The van der Waals surface area contributed by atoms with E-state index in [9.17, 15) is 4.39 Å². The SMILES string of the molecule is COCCN(CCC#N)c1cccc(F)n1. The Hall–Kier alpha value is -1.67. The van der Waals surface area contributed by atoms with Crippen LogP contribution in [0.1, 0.15) is 6.42 Å². The van der Waals surface area contributed by atoms with E-state index in [1.165, 1.54) is 6.07 Å². The number of methoxy groups -OCH3 is 1. The van der Waals surface area contributed by atoms with Crippen molar-refractivity contribution in [2.75, 3.05) is 31.7 Å². The highest BCUT2D eigenvalue weighted by Crippen LogP contribution is 2.11. The van der Waals surface area contributed by atoms with Crippen molar-refractivity contribution in [2.45, 2.75) is 6.42 Å². The molecule has 1 aromatic heterocycles. The number of ether oxygens (including phenoxy) is 1. The first-order chi connectivity index (χ1) is 7.77. The largest absolute Gasteiger partial charge is 0.383 e. The number of halogens is 1. The monoisotopic (exact) mass is 223 g/mol. The van der Waals surface area contributed by atoms with E-state index in [-0.39, 0.29) is 0 Å².